The Morgan fingerprint density at radius 3 is 2.82 bits per heavy atom. The van der Waals surface area contributed by atoms with E-state index in [1.807, 2.05) is 22.6 Å². The lowest BCUT2D eigenvalue weighted by Crippen LogP contribution is -2.14. The van der Waals surface area contributed by atoms with Gasteiger partial charge in [0, 0.05) is 24.3 Å². The molecule has 0 aromatic carbocycles. The van der Waals surface area contributed by atoms with E-state index >= 15 is 0 Å². The van der Waals surface area contributed by atoms with Gasteiger partial charge in [0.2, 0.25) is 0 Å². The van der Waals surface area contributed by atoms with Gasteiger partial charge >= 0.3 is 0 Å². The molecule has 17 heavy (non-hydrogen) atoms. The third-order valence-electron chi connectivity index (χ3n) is 2.72. The predicted molar refractivity (Wildman–Crippen MR) is 76.6 cm³/mol. The molecule has 0 unspecified atom stereocenters. The van der Waals surface area contributed by atoms with Gasteiger partial charge in [-0.05, 0) is 45.2 Å². The number of aromatic nitrogens is 2. The lowest BCUT2D eigenvalue weighted by Gasteiger charge is -2.04. The first-order valence-corrected chi connectivity index (χ1v) is 7.86. The molecule has 1 heterocycles. The van der Waals surface area contributed by atoms with Crippen LogP contribution >= 0.6 is 11.8 Å². The first kappa shape index (κ1) is 14.6. The van der Waals surface area contributed by atoms with Crippen LogP contribution in [0.15, 0.2) is 12.4 Å². The standard InChI is InChI=1S/C13H25N3S/c1-12(2)16-11-13(10-15-16)9-14-7-5-4-6-8-17-3/h10-12,14H,4-9H2,1-3H3. The Labute approximate surface area is 109 Å². The number of nitrogens with one attached hydrogen (secondary N) is 1. The molecule has 0 aliphatic rings. The normalized spacial score (nSPS) is 11.3. The number of rotatable bonds is 9. The van der Waals surface area contributed by atoms with Gasteiger partial charge in [0.05, 0.1) is 6.20 Å². The van der Waals surface area contributed by atoms with Crippen LogP contribution in [0.25, 0.3) is 0 Å². The Kier molecular flexibility index (Phi) is 7.37. The third-order valence-corrected chi connectivity index (χ3v) is 3.41. The van der Waals surface area contributed by atoms with Gasteiger partial charge in [0.25, 0.3) is 0 Å². The molecule has 98 valence electrons. The Bertz CT molecular complexity index is 297. The number of hydrogen-bond donors (Lipinski definition) is 1. The second kappa shape index (κ2) is 8.59. The van der Waals surface area contributed by atoms with E-state index in [4.69, 9.17) is 0 Å². The van der Waals surface area contributed by atoms with Crippen molar-refractivity contribution in [1.82, 2.24) is 15.1 Å². The zero-order valence-electron chi connectivity index (χ0n) is 11.3. The van der Waals surface area contributed by atoms with Crippen molar-refractivity contribution in [2.24, 2.45) is 0 Å². The number of hydrogen-bond acceptors (Lipinski definition) is 3. The van der Waals surface area contributed by atoms with Crippen molar-refractivity contribution in [1.29, 1.82) is 0 Å². The van der Waals surface area contributed by atoms with Gasteiger partial charge in [-0.3, -0.25) is 4.68 Å². The molecule has 0 aliphatic carbocycles. The maximum Gasteiger partial charge on any atom is 0.0534 e. The molecule has 0 bridgehead atoms. The number of thioether (sulfide) groups is 1. The van der Waals surface area contributed by atoms with E-state index in [-0.39, 0.29) is 0 Å². The highest BCUT2D eigenvalue weighted by molar-refractivity contribution is 7.98. The van der Waals surface area contributed by atoms with Gasteiger partial charge in [-0.15, -0.1) is 0 Å². The zero-order valence-corrected chi connectivity index (χ0v) is 12.1. The Balaban J connectivity index is 2.05. The summed E-state index contributed by atoms with van der Waals surface area (Å²) >= 11 is 1.94. The summed E-state index contributed by atoms with van der Waals surface area (Å²) in [4.78, 5) is 0. The van der Waals surface area contributed by atoms with Gasteiger partial charge in [0.1, 0.15) is 0 Å². The van der Waals surface area contributed by atoms with E-state index in [9.17, 15) is 0 Å². The van der Waals surface area contributed by atoms with Gasteiger partial charge in [-0.25, -0.2) is 0 Å². The minimum atomic E-state index is 0.454. The van der Waals surface area contributed by atoms with Crippen LogP contribution in [0.1, 0.15) is 44.7 Å². The van der Waals surface area contributed by atoms with Crippen molar-refractivity contribution < 1.29 is 0 Å². The highest BCUT2D eigenvalue weighted by Crippen LogP contribution is 2.05. The first-order valence-electron chi connectivity index (χ1n) is 6.46. The van der Waals surface area contributed by atoms with Crippen molar-refractivity contribution in [3.05, 3.63) is 18.0 Å². The number of nitrogens with zero attached hydrogens (tertiary/aromatic N) is 2. The summed E-state index contributed by atoms with van der Waals surface area (Å²) in [6.07, 6.45) is 10.2. The van der Waals surface area contributed by atoms with E-state index in [2.05, 4.69) is 36.7 Å². The number of unbranched alkanes of at least 4 members (excludes halogenated alkanes) is 2. The Morgan fingerprint density at radius 1 is 1.35 bits per heavy atom. The summed E-state index contributed by atoms with van der Waals surface area (Å²) in [7, 11) is 0. The third kappa shape index (κ3) is 6.13. The minimum absolute atomic E-state index is 0.454. The molecule has 0 saturated carbocycles. The first-order chi connectivity index (χ1) is 8.24. The average Bonchev–Trinajstić information content (AvgIpc) is 2.77. The van der Waals surface area contributed by atoms with E-state index < -0.39 is 0 Å². The van der Waals surface area contributed by atoms with Gasteiger partial charge in [-0.1, -0.05) is 6.42 Å². The molecule has 0 saturated heterocycles. The quantitative estimate of drug-likeness (QED) is 0.688. The van der Waals surface area contributed by atoms with E-state index in [0.29, 0.717) is 6.04 Å². The van der Waals surface area contributed by atoms with Crippen LogP contribution in [0.2, 0.25) is 0 Å². The summed E-state index contributed by atoms with van der Waals surface area (Å²) in [5, 5.41) is 7.80. The van der Waals surface area contributed by atoms with Crippen LogP contribution in [-0.4, -0.2) is 28.3 Å². The van der Waals surface area contributed by atoms with Crippen LogP contribution in [0.5, 0.6) is 0 Å². The van der Waals surface area contributed by atoms with Gasteiger partial charge < -0.3 is 5.32 Å². The van der Waals surface area contributed by atoms with Gasteiger partial charge in [-0.2, -0.15) is 16.9 Å². The monoisotopic (exact) mass is 255 g/mol. The lowest BCUT2D eigenvalue weighted by molar-refractivity contribution is 0.531. The maximum atomic E-state index is 4.33. The molecule has 0 spiro atoms. The van der Waals surface area contributed by atoms with Crippen LogP contribution in [0.3, 0.4) is 0 Å². The summed E-state index contributed by atoms with van der Waals surface area (Å²) < 4.78 is 2.01. The summed E-state index contributed by atoms with van der Waals surface area (Å²) in [6, 6.07) is 0.454. The van der Waals surface area contributed by atoms with Crippen LogP contribution in [-0.2, 0) is 6.54 Å². The van der Waals surface area contributed by atoms with E-state index in [1.165, 1.54) is 30.6 Å². The fraction of sp³-hybridized carbons (Fsp3) is 0.769. The summed E-state index contributed by atoms with van der Waals surface area (Å²) in [5.74, 6) is 1.29. The summed E-state index contributed by atoms with van der Waals surface area (Å²) in [5.41, 5.74) is 1.28. The summed E-state index contributed by atoms with van der Waals surface area (Å²) in [6.45, 7) is 6.35. The second-order valence-corrected chi connectivity index (χ2v) is 5.64. The highest BCUT2D eigenvalue weighted by Gasteiger charge is 2.00. The molecule has 0 fully saturated rings. The van der Waals surface area contributed by atoms with Crippen molar-refractivity contribution in [2.45, 2.75) is 45.7 Å². The maximum absolute atomic E-state index is 4.33. The minimum Gasteiger partial charge on any atom is -0.313 e. The molecule has 0 aliphatic heterocycles. The lowest BCUT2D eigenvalue weighted by atomic mass is 10.2. The van der Waals surface area contributed by atoms with Crippen LogP contribution in [0, 0.1) is 0 Å². The smallest absolute Gasteiger partial charge is 0.0534 e. The molecule has 1 rings (SSSR count). The van der Waals surface area contributed by atoms with Crippen LogP contribution in [0.4, 0.5) is 0 Å². The molecule has 0 radical (unpaired) electrons. The molecule has 1 aromatic rings. The van der Waals surface area contributed by atoms with E-state index in [0.717, 1.165) is 13.1 Å². The molecular formula is C13H25N3S. The molecule has 1 aromatic heterocycles. The Hall–Kier alpha value is -0.480. The molecule has 0 atom stereocenters. The molecular weight excluding hydrogens is 230 g/mol. The molecule has 4 heteroatoms. The highest BCUT2D eigenvalue weighted by atomic mass is 32.2. The molecule has 3 nitrogen and oxygen atoms in total. The fourth-order valence-corrected chi connectivity index (χ4v) is 2.15. The predicted octanol–water partition coefficient (Wildman–Crippen LogP) is 3.09. The van der Waals surface area contributed by atoms with E-state index in [1.54, 1.807) is 0 Å². The van der Waals surface area contributed by atoms with Crippen molar-refractivity contribution in [3.8, 4) is 0 Å². The van der Waals surface area contributed by atoms with Crippen LogP contribution < -0.4 is 5.32 Å². The van der Waals surface area contributed by atoms with Crippen molar-refractivity contribution in [2.75, 3.05) is 18.6 Å². The van der Waals surface area contributed by atoms with Gasteiger partial charge in [0.15, 0.2) is 0 Å². The molecule has 0 amide bonds. The Morgan fingerprint density at radius 2 is 2.18 bits per heavy atom. The zero-order chi connectivity index (χ0) is 12.5. The largest absolute Gasteiger partial charge is 0.313 e. The van der Waals surface area contributed by atoms with Crippen molar-refractivity contribution in [3.63, 3.8) is 0 Å². The molecule has 1 N–H and O–H groups in total. The average molecular weight is 255 g/mol. The fourth-order valence-electron chi connectivity index (χ4n) is 1.66. The topological polar surface area (TPSA) is 29.9 Å². The van der Waals surface area contributed by atoms with Crippen molar-refractivity contribution >= 4 is 11.8 Å². The SMILES string of the molecule is CSCCCCCNCc1cnn(C(C)C)c1. The second-order valence-electron chi connectivity index (χ2n) is 4.65.